The highest BCUT2D eigenvalue weighted by atomic mass is 19.3. The van der Waals surface area contributed by atoms with Crippen molar-refractivity contribution >= 4 is 17.6 Å². The second-order valence-corrected chi connectivity index (χ2v) is 5.70. The van der Waals surface area contributed by atoms with Gasteiger partial charge in [-0.1, -0.05) is 0 Å². The number of alkyl halides is 2. The number of aromatic nitrogens is 2. The van der Waals surface area contributed by atoms with E-state index in [9.17, 15) is 18.4 Å². The first kappa shape index (κ1) is 16.9. The molecule has 1 aliphatic rings. The van der Waals surface area contributed by atoms with Crippen molar-refractivity contribution in [2.75, 3.05) is 11.9 Å². The van der Waals surface area contributed by atoms with Crippen molar-refractivity contribution in [3.63, 3.8) is 0 Å². The van der Waals surface area contributed by atoms with Crippen LogP contribution in [0.4, 0.5) is 14.6 Å². The van der Waals surface area contributed by atoms with Gasteiger partial charge in [-0.2, -0.15) is 5.10 Å². The quantitative estimate of drug-likeness (QED) is 0.828. The summed E-state index contributed by atoms with van der Waals surface area (Å²) < 4.78 is 32.2. The van der Waals surface area contributed by atoms with E-state index in [-0.39, 0.29) is 18.7 Å². The molecular weight excluding hydrogens is 334 g/mol. The molecule has 9 heteroatoms. The Morgan fingerprint density at radius 2 is 2.00 bits per heavy atom. The maximum absolute atomic E-state index is 12.8. The lowest BCUT2D eigenvalue weighted by Crippen LogP contribution is -2.32. The van der Waals surface area contributed by atoms with Crippen LogP contribution in [0.1, 0.15) is 16.8 Å². The van der Waals surface area contributed by atoms with E-state index in [1.54, 1.807) is 19.3 Å². The Bertz CT molecular complexity index is 789. The number of halogens is 2. The first-order valence-electron chi connectivity index (χ1n) is 7.56. The van der Waals surface area contributed by atoms with Crippen LogP contribution < -0.4 is 15.4 Å². The molecule has 2 N–H and O–H groups in total. The summed E-state index contributed by atoms with van der Waals surface area (Å²) in [5.74, 6) is -2.98. The summed E-state index contributed by atoms with van der Waals surface area (Å²) in [6, 6.07) is 7.40. The Kier molecular flexibility index (Phi) is 4.39. The SMILES string of the molecule is Cn1ccc(NC(=O)CNC(=O)c2ccc(OC3CC3(F)F)cc2)n1. The maximum atomic E-state index is 12.8. The van der Waals surface area contributed by atoms with Crippen LogP contribution >= 0.6 is 0 Å². The molecular formula is C16H16F2N4O3. The van der Waals surface area contributed by atoms with Gasteiger partial charge in [0.1, 0.15) is 5.75 Å². The lowest BCUT2D eigenvalue weighted by atomic mass is 10.2. The normalized spacial score (nSPS) is 17.6. The third kappa shape index (κ3) is 4.31. The van der Waals surface area contributed by atoms with Gasteiger partial charge in [-0.05, 0) is 24.3 Å². The second kappa shape index (κ2) is 6.50. The van der Waals surface area contributed by atoms with Gasteiger partial charge in [0.05, 0.1) is 13.0 Å². The summed E-state index contributed by atoms with van der Waals surface area (Å²) in [5, 5.41) is 8.99. The summed E-state index contributed by atoms with van der Waals surface area (Å²) >= 11 is 0. The van der Waals surface area contributed by atoms with E-state index in [1.807, 2.05) is 0 Å². The molecule has 1 aromatic carbocycles. The standard InChI is InChI=1S/C16H16F2N4O3/c1-22-7-6-13(21-22)20-14(23)9-19-15(24)10-2-4-11(5-3-10)25-12-8-16(12,17)18/h2-7,12H,8-9H2,1H3,(H,19,24)(H,20,21,23). The number of hydrogen-bond donors (Lipinski definition) is 2. The fraction of sp³-hybridized carbons (Fsp3) is 0.312. The highest BCUT2D eigenvalue weighted by Crippen LogP contribution is 2.44. The number of aryl methyl sites for hydroxylation is 1. The number of nitrogens with one attached hydrogen (secondary N) is 2. The number of amides is 2. The number of rotatable bonds is 6. The molecule has 1 heterocycles. The molecule has 2 amide bonds. The van der Waals surface area contributed by atoms with E-state index < -0.39 is 23.8 Å². The molecule has 25 heavy (non-hydrogen) atoms. The zero-order valence-corrected chi connectivity index (χ0v) is 13.3. The van der Waals surface area contributed by atoms with Gasteiger partial charge in [-0.25, -0.2) is 8.78 Å². The first-order valence-corrected chi connectivity index (χ1v) is 7.56. The van der Waals surface area contributed by atoms with Gasteiger partial charge in [0, 0.05) is 24.9 Å². The van der Waals surface area contributed by atoms with Gasteiger partial charge in [0.2, 0.25) is 5.91 Å². The van der Waals surface area contributed by atoms with E-state index in [4.69, 9.17) is 4.74 Å². The molecule has 1 fully saturated rings. The number of carbonyl (C=O) groups is 2. The zero-order valence-electron chi connectivity index (χ0n) is 13.3. The summed E-state index contributed by atoms with van der Waals surface area (Å²) in [6.07, 6.45) is 0.290. The lowest BCUT2D eigenvalue weighted by molar-refractivity contribution is -0.115. The number of nitrogens with zero attached hydrogens (tertiary/aromatic N) is 2. The fourth-order valence-electron chi connectivity index (χ4n) is 2.10. The van der Waals surface area contributed by atoms with Crippen molar-refractivity contribution in [1.82, 2.24) is 15.1 Å². The molecule has 132 valence electrons. The molecule has 0 spiro atoms. The van der Waals surface area contributed by atoms with E-state index in [0.717, 1.165) is 0 Å². The zero-order chi connectivity index (χ0) is 18.0. The average Bonchev–Trinajstić information content (AvgIpc) is 2.95. The predicted octanol–water partition coefficient (Wildman–Crippen LogP) is 1.57. The van der Waals surface area contributed by atoms with Crippen LogP contribution in [0.5, 0.6) is 5.75 Å². The Labute approximate surface area is 142 Å². The fourth-order valence-corrected chi connectivity index (χ4v) is 2.10. The van der Waals surface area contributed by atoms with E-state index in [1.165, 1.54) is 28.9 Å². The van der Waals surface area contributed by atoms with E-state index in [0.29, 0.717) is 11.4 Å². The summed E-state index contributed by atoms with van der Waals surface area (Å²) in [6.45, 7) is -0.220. The van der Waals surface area contributed by atoms with Crippen LogP contribution in [-0.2, 0) is 11.8 Å². The second-order valence-electron chi connectivity index (χ2n) is 5.70. The monoisotopic (exact) mass is 350 g/mol. The third-order valence-electron chi connectivity index (χ3n) is 3.55. The number of anilines is 1. The Hall–Kier alpha value is -2.97. The Morgan fingerprint density at radius 1 is 1.32 bits per heavy atom. The minimum atomic E-state index is -2.77. The van der Waals surface area contributed by atoms with Crippen LogP contribution in [0.15, 0.2) is 36.5 Å². The minimum absolute atomic E-state index is 0.220. The van der Waals surface area contributed by atoms with Gasteiger partial charge in [0.15, 0.2) is 11.9 Å². The molecule has 0 saturated heterocycles. The van der Waals surface area contributed by atoms with Crippen molar-refractivity contribution in [1.29, 1.82) is 0 Å². The van der Waals surface area contributed by atoms with Crippen molar-refractivity contribution in [2.45, 2.75) is 18.4 Å². The Balaban J connectivity index is 1.47. The molecule has 0 bridgehead atoms. The summed E-state index contributed by atoms with van der Waals surface area (Å²) in [5.41, 5.74) is 0.292. The maximum Gasteiger partial charge on any atom is 0.288 e. The molecule has 1 saturated carbocycles. The van der Waals surface area contributed by atoms with Crippen LogP contribution in [0.2, 0.25) is 0 Å². The molecule has 0 aliphatic heterocycles. The molecule has 2 aromatic rings. The van der Waals surface area contributed by atoms with Crippen LogP contribution in [-0.4, -0.2) is 40.2 Å². The highest BCUT2D eigenvalue weighted by Gasteiger charge is 2.59. The molecule has 0 radical (unpaired) electrons. The number of ether oxygens (including phenoxy) is 1. The van der Waals surface area contributed by atoms with Crippen molar-refractivity contribution in [3.8, 4) is 5.75 Å². The van der Waals surface area contributed by atoms with Crippen molar-refractivity contribution in [3.05, 3.63) is 42.1 Å². The number of carbonyl (C=O) groups excluding carboxylic acids is 2. The van der Waals surface area contributed by atoms with E-state index >= 15 is 0 Å². The molecule has 1 aliphatic carbocycles. The summed E-state index contributed by atoms with van der Waals surface area (Å²) in [7, 11) is 1.72. The van der Waals surface area contributed by atoms with Gasteiger partial charge >= 0.3 is 0 Å². The van der Waals surface area contributed by atoms with Crippen molar-refractivity contribution < 1.29 is 23.1 Å². The largest absolute Gasteiger partial charge is 0.484 e. The lowest BCUT2D eigenvalue weighted by Gasteiger charge is -2.07. The van der Waals surface area contributed by atoms with Crippen LogP contribution in [0, 0.1) is 0 Å². The van der Waals surface area contributed by atoms with Gasteiger partial charge < -0.3 is 15.4 Å². The van der Waals surface area contributed by atoms with Gasteiger partial charge in [-0.15, -0.1) is 0 Å². The molecule has 7 nitrogen and oxygen atoms in total. The first-order chi connectivity index (χ1) is 11.8. The van der Waals surface area contributed by atoms with Gasteiger partial charge in [0.25, 0.3) is 11.8 Å². The minimum Gasteiger partial charge on any atom is -0.484 e. The van der Waals surface area contributed by atoms with Crippen molar-refractivity contribution in [2.24, 2.45) is 7.05 Å². The van der Waals surface area contributed by atoms with E-state index in [2.05, 4.69) is 15.7 Å². The number of benzene rings is 1. The smallest absolute Gasteiger partial charge is 0.288 e. The van der Waals surface area contributed by atoms with Crippen LogP contribution in [0.3, 0.4) is 0 Å². The average molecular weight is 350 g/mol. The predicted molar refractivity (Wildman–Crippen MR) is 84.6 cm³/mol. The molecule has 1 aromatic heterocycles. The number of hydrogen-bond acceptors (Lipinski definition) is 4. The summed E-state index contributed by atoms with van der Waals surface area (Å²) in [4.78, 5) is 23.7. The molecule has 3 rings (SSSR count). The molecule has 1 atom stereocenters. The van der Waals surface area contributed by atoms with Gasteiger partial charge in [-0.3, -0.25) is 14.3 Å². The topological polar surface area (TPSA) is 85.2 Å². The molecule has 1 unspecified atom stereocenters. The third-order valence-corrected chi connectivity index (χ3v) is 3.55. The van der Waals surface area contributed by atoms with Crippen LogP contribution in [0.25, 0.3) is 0 Å². The highest BCUT2D eigenvalue weighted by molar-refractivity contribution is 5.99. The Morgan fingerprint density at radius 3 is 2.56 bits per heavy atom.